The minimum absolute atomic E-state index is 0.230. The fourth-order valence-corrected chi connectivity index (χ4v) is 2.74. The molecule has 1 aliphatic rings. The van der Waals surface area contributed by atoms with Crippen LogP contribution in [0.3, 0.4) is 0 Å². The molecule has 1 fully saturated rings. The first-order valence-electron chi connectivity index (χ1n) is 7.98. The van der Waals surface area contributed by atoms with Gasteiger partial charge in [-0.1, -0.05) is 37.3 Å². The normalized spacial score (nSPS) is 18.6. The zero-order valence-electron chi connectivity index (χ0n) is 13.5. The van der Waals surface area contributed by atoms with E-state index in [0.717, 1.165) is 19.5 Å². The Morgan fingerprint density at radius 2 is 2.09 bits per heavy atom. The maximum absolute atomic E-state index is 12.5. The SMILES string of the molecule is CCCN(CC(=O)O)C(=O)C1CN(Cc2ccccc2)CCO1. The number of hydrogen-bond donors (Lipinski definition) is 1. The van der Waals surface area contributed by atoms with E-state index in [0.29, 0.717) is 19.7 Å². The summed E-state index contributed by atoms with van der Waals surface area (Å²) in [5.41, 5.74) is 1.19. The van der Waals surface area contributed by atoms with Crippen molar-refractivity contribution in [3.05, 3.63) is 35.9 Å². The van der Waals surface area contributed by atoms with Crippen LogP contribution in [0.4, 0.5) is 0 Å². The van der Waals surface area contributed by atoms with E-state index in [2.05, 4.69) is 17.0 Å². The average Bonchev–Trinajstić information content (AvgIpc) is 2.54. The molecule has 1 saturated heterocycles. The number of carboxylic acid groups (broad SMARTS) is 1. The van der Waals surface area contributed by atoms with Crippen LogP contribution in [0.15, 0.2) is 30.3 Å². The molecule has 6 heteroatoms. The van der Waals surface area contributed by atoms with Crippen LogP contribution in [0.2, 0.25) is 0 Å². The second-order valence-corrected chi connectivity index (χ2v) is 5.73. The van der Waals surface area contributed by atoms with Gasteiger partial charge in [-0.3, -0.25) is 14.5 Å². The van der Waals surface area contributed by atoms with E-state index >= 15 is 0 Å². The maximum atomic E-state index is 12.5. The number of hydrogen-bond acceptors (Lipinski definition) is 4. The van der Waals surface area contributed by atoms with Gasteiger partial charge in [-0.25, -0.2) is 0 Å². The first kappa shape index (κ1) is 17.4. The molecule has 0 radical (unpaired) electrons. The average molecular weight is 320 g/mol. The molecule has 0 bridgehead atoms. The van der Waals surface area contributed by atoms with Gasteiger partial charge in [0.25, 0.3) is 5.91 Å². The van der Waals surface area contributed by atoms with Gasteiger partial charge in [-0.05, 0) is 12.0 Å². The zero-order valence-corrected chi connectivity index (χ0v) is 13.5. The van der Waals surface area contributed by atoms with Crippen LogP contribution in [0, 0.1) is 0 Å². The summed E-state index contributed by atoms with van der Waals surface area (Å²) in [6.07, 6.45) is 0.137. The molecule has 1 unspecified atom stereocenters. The molecule has 1 heterocycles. The number of rotatable bonds is 7. The number of carbonyl (C=O) groups excluding carboxylic acids is 1. The van der Waals surface area contributed by atoms with Crippen LogP contribution in [0.1, 0.15) is 18.9 Å². The molecule has 0 aliphatic carbocycles. The van der Waals surface area contributed by atoms with Crippen molar-refractivity contribution >= 4 is 11.9 Å². The lowest BCUT2D eigenvalue weighted by Crippen LogP contribution is -2.51. The van der Waals surface area contributed by atoms with E-state index in [4.69, 9.17) is 9.84 Å². The van der Waals surface area contributed by atoms with Crippen molar-refractivity contribution in [2.75, 3.05) is 32.8 Å². The molecular weight excluding hydrogens is 296 g/mol. The van der Waals surface area contributed by atoms with Crippen molar-refractivity contribution in [3.63, 3.8) is 0 Å². The van der Waals surface area contributed by atoms with Gasteiger partial charge in [0.1, 0.15) is 12.6 Å². The van der Waals surface area contributed by atoms with Crippen molar-refractivity contribution in [1.29, 1.82) is 0 Å². The predicted octanol–water partition coefficient (Wildman–Crippen LogP) is 1.21. The Labute approximate surface area is 136 Å². The first-order chi connectivity index (χ1) is 11.1. The van der Waals surface area contributed by atoms with Crippen molar-refractivity contribution in [3.8, 4) is 0 Å². The predicted molar refractivity (Wildman–Crippen MR) is 86.0 cm³/mol. The standard InChI is InChI=1S/C17H24N2O4/c1-2-8-19(13-16(20)21)17(22)15-12-18(9-10-23-15)11-14-6-4-3-5-7-14/h3-7,15H,2,8-13H2,1H3,(H,20,21). The number of nitrogens with zero attached hydrogens (tertiary/aromatic N) is 2. The third-order valence-corrected chi connectivity index (χ3v) is 3.81. The van der Waals surface area contributed by atoms with Gasteiger partial charge in [0.15, 0.2) is 0 Å². The Kier molecular flexibility index (Phi) is 6.55. The zero-order chi connectivity index (χ0) is 16.7. The molecule has 1 aliphatic heterocycles. The van der Waals surface area contributed by atoms with E-state index in [1.54, 1.807) is 0 Å². The van der Waals surface area contributed by atoms with E-state index in [-0.39, 0.29) is 12.5 Å². The summed E-state index contributed by atoms with van der Waals surface area (Å²) >= 11 is 0. The van der Waals surface area contributed by atoms with Crippen molar-refractivity contribution in [2.24, 2.45) is 0 Å². The lowest BCUT2D eigenvalue weighted by Gasteiger charge is -2.34. The van der Waals surface area contributed by atoms with Gasteiger partial charge in [0.2, 0.25) is 0 Å². The molecule has 1 amide bonds. The quantitative estimate of drug-likeness (QED) is 0.818. The minimum Gasteiger partial charge on any atom is -0.480 e. The third-order valence-electron chi connectivity index (χ3n) is 3.81. The number of aliphatic carboxylic acids is 1. The highest BCUT2D eigenvalue weighted by atomic mass is 16.5. The molecule has 1 atom stereocenters. The largest absolute Gasteiger partial charge is 0.480 e. The highest BCUT2D eigenvalue weighted by Gasteiger charge is 2.30. The van der Waals surface area contributed by atoms with Gasteiger partial charge < -0.3 is 14.7 Å². The number of morpholine rings is 1. The fourth-order valence-electron chi connectivity index (χ4n) is 2.74. The van der Waals surface area contributed by atoms with Crippen molar-refractivity contribution < 1.29 is 19.4 Å². The van der Waals surface area contributed by atoms with E-state index < -0.39 is 12.1 Å². The number of amides is 1. The molecule has 1 aromatic carbocycles. The highest BCUT2D eigenvalue weighted by molar-refractivity contribution is 5.85. The third kappa shape index (κ3) is 5.33. The summed E-state index contributed by atoms with van der Waals surface area (Å²) in [4.78, 5) is 27.0. The maximum Gasteiger partial charge on any atom is 0.323 e. The van der Waals surface area contributed by atoms with Crippen LogP contribution in [-0.2, 0) is 20.9 Å². The number of ether oxygens (including phenoxy) is 1. The van der Waals surface area contributed by atoms with Gasteiger partial charge in [0.05, 0.1) is 6.61 Å². The Morgan fingerprint density at radius 3 is 2.74 bits per heavy atom. The summed E-state index contributed by atoms with van der Waals surface area (Å²) in [5, 5.41) is 8.96. The molecule has 126 valence electrons. The second kappa shape index (κ2) is 8.64. The summed E-state index contributed by atoms with van der Waals surface area (Å²) < 4.78 is 5.59. The Bertz CT molecular complexity index is 521. The second-order valence-electron chi connectivity index (χ2n) is 5.73. The molecule has 0 aromatic heterocycles. The number of benzene rings is 1. The smallest absolute Gasteiger partial charge is 0.323 e. The minimum atomic E-state index is -0.997. The van der Waals surface area contributed by atoms with Gasteiger partial charge in [-0.2, -0.15) is 0 Å². The van der Waals surface area contributed by atoms with Crippen LogP contribution >= 0.6 is 0 Å². The van der Waals surface area contributed by atoms with Crippen LogP contribution in [-0.4, -0.2) is 65.7 Å². The highest BCUT2D eigenvalue weighted by Crippen LogP contribution is 2.12. The van der Waals surface area contributed by atoms with E-state index in [1.807, 2.05) is 25.1 Å². The molecule has 23 heavy (non-hydrogen) atoms. The number of carbonyl (C=O) groups is 2. The first-order valence-corrected chi connectivity index (χ1v) is 7.98. The molecule has 0 saturated carbocycles. The van der Waals surface area contributed by atoms with Crippen LogP contribution < -0.4 is 0 Å². The topological polar surface area (TPSA) is 70.1 Å². The molecule has 6 nitrogen and oxygen atoms in total. The van der Waals surface area contributed by atoms with E-state index in [1.165, 1.54) is 10.5 Å². The molecule has 1 N–H and O–H groups in total. The number of carboxylic acids is 1. The molecule has 0 spiro atoms. The van der Waals surface area contributed by atoms with Crippen molar-refractivity contribution in [1.82, 2.24) is 9.80 Å². The fraction of sp³-hybridized carbons (Fsp3) is 0.529. The Balaban J connectivity index is 1.95. The molecule has 1 aromatic rings. The summed E-state index contributed by atoms with van der Waals surface area (Å²) in [5.74, 6) is -1.23. The lowest BCUT2D eigenvalue weighted by molar-refractivity contribution is -0.155. The van der Waals surface area contributed by atoms with E-state index in [9.17, 15) is 9.59 Å². The van der Waals surface area contributed by atoms with Gasteiger partial charge in [0, 0.05) is 26.2 Å². The lowest BCUT2D eigenvalue weighted by atomic mass is 10.1. The Morgan fingerprint density at radius 1 is 1.35 bits per heavy atom. The van der Waals surface area contributed by atoms with Crippen molar-refractivity contribution in [2.45, 2.75) is 26.0 Å². The molecule has 2 rings (SSSR count). The summed E-state index contributed by atoms with van der Waals surface area (Å²) in [6, 6.07) is 10.1. The van der Waals surface area contributed by atoms with Crippen LogP contribution in [0.25, 0.3) is 0 Å². The Hall–Kier alpha value is -1.92. The van der Waals surface area contributed by atoms with Crippen LogP contribution in [0.5, 0.6) is 0 Å². The summed E-state index contributed by atoms with van der Waals surface area (Å²) in [7, 11) is 0. The summed E-state index contributed by atoms with van der Waals surface area (Å²) in [6.45, 7) is 4.59. The monoisotopic (exact) mass is 320 g/mol. The van der Waals surface area contributed by atoms with Gasteiger partial charge in [-0.15, -0.1) is 0 Å². The van der Waals surface area contributed by atoms with Gasteiger partial charge >= 0.3 is 5.97 Å². The molecular formula is C17H24N2O4.